The Balaban J connectivity index is 2.07. The molecular weight excluding hydrogens is 224 g/mol. The highest BCUT2D eigenvalue weighted by Gasteiger charge is 2.68. The Hall–Kier alpha value is -0.570. The van der Waals surface area contributed by atoms with Crippen LogP contribution in [0.2, 0.25) is 0 Å². The molecule has 1 saturated carbocycles. The van der Waals surface area contributed by atoms with Crippen molar-refractivity contribution in [2.75, 3.05) is 19.6 Å². The summed E-state index contributed by atoms with van der Waals surface area (Å²) in [5.41, 5.74) is 0.314. The summed E-state index contributed by atoms with van der Waals surface area (Å²) in [7, 11) is 0. The van der Waals surface area contributed by atoms with Gasteiger partial charge in [0.25, 0.3) is 0 Å². The molecule has 1 N–H and O–H groups in total. The number of nitrogens with zero attached hydrogens (tertiary/aromatic N) is 1. The lowest BCUT2D eigenvalue weighted by atomic mass is 10.0. The van der Waals surface area contributed by atoms with Crippen LogP contribution in [0, 0.1) is 16.7 Å². The van der Waals surface area contributed by atoms with Gasteiger partial charge in [-0.15, -0.1) is 0 Å². The van der Waals surface area contributed by atoms with Gasteiger partial charge in [-0.3, -0.25) is 4.79 Å². The first-order chi connectivity index (χ1) is 8.34. The van der Waals surface area contributed by atoms with E-state index < -0.39 is 0 Å². The zero-order valence-corrected chi connectivity index (χ0v) is 12.5. The zero-order valence-electron chi connectivity index (χ0n) is 12.5. The van der Waals surface area contributed by atoms with Crippen LogP contribution in [0.5, 0.6) is 0 Å². The first kappa shape index (κ1) is 13.9. The first-order valence-electron chi connectivity index (χ1n) is 7.35. The highest BCUT2D eigenvalue weighted by molar-refractivity contribution is 5.84. The molecule has 1 amide bonds. The van der Waals surface area contributed by atoms with Crippen LogP contribution in [-0.4, -0.2) is 36.5 Å². The molecule has 1 aliphatic carbocycles. The molecule has 1 saturated heterocycles. The minimum Gasteiger partial charge on any atom is -0.340 e. The summed E-state index contributed by atoms with van der Waals surface area (Å²) in [5.74, 6) is 0.597. The summed E-state index contributed by atoms with van der Waals surface area (Å²) in [5, 5.41) is 3.37. The molecule has 0 aromatic rings. The molecular formula is C15H28N2O. The lowest BCUT2D eigenvalue weighted by molar-refractivity contribution is -0.136. The van der Waals surface area contributed by atoms with Gasteiger partial charge in [-0.2, -0.15) is 0 Å². The van der Waals surface area contributed by atoms with Crippen molar-refractivity contribution in [1.29, 1.82) is 0 Å². The van der Waals surface area contributed by atoms with E-state index >= 15 is 0 Å². The van der Waals surface area contributed by atoms with Gasteiger partial charge in [-0.1, -0.05) is 27.7 Å². The molecule has 1 aliphatic heterocycles. The molecule has 0 aromatic heterocycles. The summed E-state index contributed by atoms with van der Waals surface area (Å²) in [6.07, 6.45) is 2.21. The number of nitrogens with one attached hydrogen (secondary N) is 1. The second-order valence-corrected chi connectivity index (χ2v) is 6.98. The molecule has 0 unspecified atom stereocenters. The molecule has 2 rings (SSSR count). The second-order valence-electron chi connectivity index (χ2n) is 6.98. The molecule has 0 spiro atoms. The quantitative estimate of drug-likeness (QED) is 0.835. The van der Waals surface area contributed by atoms with E-state index in [-0.39, 0.29) is 16.7 Å². The predicted octanol–water partition coefficient (Wildman–Crippen LogP) is 2.27. The summed E-state index contributed by atoms with van der Waals surface area (Å²) < 4.78 is 0. The fraction of sp³-hybridized carbons (Fsp3) is 0.933. The molecule has 3 heteroatoms. The van der Waals surface area contributed by atoms with Gasteiger partial charge in [-0.05, 0) is 43.7 Å². The van der Waals surface area contributed by atoms with E-state index in [1.54, 1.807) is 0 Å². The number of carbonyl (C=O) groups excluding carboxylic acids is 1. The predicted molar refractivity (Wildman–Crippen MR) is 74.3 cm³/mol. The normalized spacial score (nSPS) is 26.9. The lowest BCUT2D eigenvalue weighted by Crippen LogP contribution is -2.47. The van der Waals surface area contributed by atoms with Crippen molar-refractivity contribution < 1.29 is 4.79 Å². The number of carbonyl (C=O) groups is 1. The van der Waals surface area contributed by atoms with E-state index in [0.717, 1.165) is 32.5 Å². The van der Waals surface area contributed by atoms with Gasteiger partial charge in [0.05, 0.1) is 0 Å². The van der Waals surface area contributed by atoms with E-state index in [1.165, 1.54) is 0 Å². The van der Waals surface area contributed by atoms with E-state index in [2.05, 4.69) is 44.8 Å². The maximum atomic E-state index is 12.8. The Bertz CT molecular complexity index is 315. The minimum absolute atomic E-state index is 0.157. The summed E-state index contributed by atoms with van der Waals surface area (Å²) >= 11 is 0. The molecule has 3 nitrogen and oxygen atoms in total. The molecule has 0 radical (unpaired) electrons. The van der Waals surface area contributed by atoms with Crippen LogP contribution in [-0.2, 0) is 4.79 Å². The van der Waals surface area contributed by atoms with Crippen LogP contribution < -0.4 is 5.32 Å². The third-order valence-corrected chi connectivity index (χ3v) is 5.64. The second kappa shape index (κ2) is 4.52. The van der Waals surface area contributed by atoms with Gasteiger partial charge < -0.3 is 10.2 Å². The SMILES string of the molecule is CCN(C(=O)C1C(C)(C)C1(C)C)C1CCNCC1. The third kappa shape index (κ3) is 1.97. The summed E-state index contributed by atoms with van der Waals surface area (Å²) in [6.45, 7) is 14.0. The van der Waals surface area contributed by atoms with Crippen molar-refractivity contribution in [2.45, 2.75) is 53.5 Å². The van der Waals surface area contributed by atoms with E-state index in [0.29, 0.717) is 11.9 Å². The van der Waals surface area contributed by atoms with Crippen molar-refractivity contribution in [2.24, 2.45) is 16.7 Å². The van der Waals surface area contributed by atoms with Crippen molar-refractivity contribution in [1.82, 2.24) is 10.2 Å². The molecule has 2 aliphatic rings. The molecule has 2 fully saturated rings. The molecule has 0 aromatic carbocycles. The van der Waals surface area contributed by atoms with Crippen LogP contribution in [0.1, 0.15) is 47.5 Å². The number of hydrogen-bond donors (Lipinski definition) is 1. The molecule has 0 atom stereocenters. The number of piperidine rings is 1. The maximum Gasteiger partial charge on any atom is 0.227 e. The van der Waals surface area contributed by atoms with Crippen LogP contribution >= 0.6 is 0 Å². The van der Waals surface area contributed by atoms with Crippen molar-refractivity contribution in [3.8, 4) is 0 Å². The van der Waals surface area contributed by atoms with Crippen molar-refractivity contribution in [3.05, 3.63) is 0 Å². The Morgan fingerprint density at radius 3 is 2.06 bits per heavy atom. The van der Waals surface area contributed by atoms with Crippen molar-refractivity contribution in [3.63, 3.8) is 0 Å². The van der Waals surface area contributed by atoms with E-state index in [1.807, 2.05) is 0 Å². The summed E-state index contributed by atoms with van der Waals surface area (Å²) in [4.78, 5) is 14.9. The largest absolute Gasteiger partial charge is 0.340 e. The Kier molecular flexibility index (Phi) is 3.48. The fourth-order valence-corrected chi connectivity index (χ4v) is 3.69. The van der Waals surface area contributed by atoms with Crippen LogP contribution in [0.4, 0.5) is 0 Å². The first-order valence-corrected chi connectivity index (χ1v) is 7.35. The van der Waals surface area contributed by atoms with Gasteiger partial charge in [-0.25, -0.2) is 0 Å². The van der Waals surface area contributed by atoms with E-state index in [4.69, 9.17) is 0 Å². The minimum atomic E-state index is 0.157. The smallest absolute Gasteiger partial charge is 0.227 e. The van der Waals surface area contributed by atoms with Gasteiger partial charge in [0.15, 0.2) is 0 Å². The van der Waals surface area contributed by atoms with Crippen LogP contribution in [0.25, 0.3) is 0 Å². The van der Waals surface area contributed by atoms with Gasteiger partial charge >= 0.3 is 0 Å². The van der Waals surface area contributed by atoms with Crippen LogP contribution in [0.15, 0.2) is 0 Å². The number of rotatable bonds is 3. The van der Waals surface area contributed by atoms with Gasteiger partial charge in [0.1, 0.15) is 0 Å². The van der Waals surface area contributed by atoms with Gasteiger partial charge in [0.2, 0.25) is 5.91 Å². The molecule has 1 heterocycles. The Morgan fingerprint density at radius 1 is 1.17 bits per heavy atom. The third-order valence-electron chi connectivity index (χ3n) is 5.64. The maximum absolute atomic E-state index is 12.8. The average Bonchev–Trinajstić information content (AvgIpc) is 2.71. The molecule has 104 valence electrons. The monoisotopic (exact) mass is 252 g/mol. The number of amides is 1. The molecule has 0 bridgehead atoms. The Labute approximate surface area is 111 Å². The lowest BCUT2D eigenvalue weighted by Gasteiger charge is -2.34. The number of hydrogen-bond acceptors (Lipinski definition) is 2. The highest BCUT2D eigenvalue weighted by atomic mass is 16.2. The topological polar surface area (TPSA) is 32.3 Å². The fourth-order valence-electron chi connectivity index (χ4n) is 3.69. The van der Waals surface area contributed by atoms with Crippen molar-refractivity contribution >= 4 is 5.91 Å². The molecule has 18 heavy (non-hydrogen) atoms. The average molecular weight is 252 g/mol. The van der Waals surface area contributed by atoms with E-state index in [9.17, 15) is 4.79 Å². The summed E-state index contributed by atoms with van der Waals surface area (Å²) in [6, 6.07) is 0.455. The van der Waals surface area contributed by atoms with Crippen LogP contribution in [0.3, 0.4) is 0 Å². The standard InChI is InChI=1S/C15H28N2O/c1-6-17(11-7-9-16-10-8-11)13(18)12-14(2,3)15(12,4)5/h11-12,16H,6-10H2,1-5H3. The highest BCUT2D eigenvalue weighted by Crippen LogP contribution is 2.68. The zero-order chi connectivity index (χ0) is 13.6. The Morgan fingerprint density at radius 2 is 1.67 bits per heavy atom. The van der Waals surface area contributed by atoms with Gasteiger partial charge in [0, 0.05) is 18.5 Å².